The molecule has 0 aliphatic rings. The van der Waals surface area contributed by atoms with Crippen molar-refractivity contribution in [1.29, 1.82) is 0 Å². The minimum Gasteiger partial charge on any atom is -0.258 e. The summed E-state index contributed by atoms with van der Waals surface area (Å²) in [6, 6.07) is 1.39. The van der Waals surface area contributed by atoms with Crippen LogP contribution in [-0.4, -0.2) is 9.91 Å². The summed E-state index contributed by atoms with van der Waals surface area (Å²) < 4.78 is 1.13. The van der Waals surface area contributed by atoms with Crippen LogP contribution in [0.15, 0.2) is 21.3 Å². The molecule has 1 aromatic rings. The van der Waals surface area contributed by atoms with Crippen molar-refractivity contribution < 1.29 is 4.92 Å². The van der Waals surface area contributed by atoms with Crippen LogP contribution < -0.4 is 0 Å². The maximum absolute atomic E-state index is 10.2. The fraction of sp³-hybridized carbons (Fsp3) is 0. The zero-order valence-electron chi connectivity index (χ0n) is 5.12. The van der Waals surface area contributed by atoms with E-state index in [4.69, 9.17) is 0 Å². The zero-order chi connectivity index (χ0) is 8.43. The van der Waals surface area contributed by atoms with Gasteiger partial charge in [0.2, 0.25) is 0 Å². The second-order valence-corrected chi connectivity index (χ2v) is 3.33. The molecule has 0 atom stereocenters. The predicted octanol–water partition coefficient (Wildman–Crippen LogP) is 2.51. The third kappa shape index (κ3) is 1.97. The Morgan fingerprint density at radius 1 is 1.55 bits per heavy atom. The van der Waals surface area contributed by atoms with Crippen LogP contribution in [-0.2, 0) is 0 Å². The SMILES string of the molecule is O=[N+]([O-])c1cnc(Br)c(Br)c1. The van der Waals surface area contributed by atoms with Gasteiger partial charge in [0.25, 0.3) is 5.69 Å². The molecule has 0 aromatic carbocycles. The van der Waals surface area contributed by atoms with E-state index in [9.17, 15) is 10.1 Å². The number of aromatic nitrogens is 1. The van der Waals surface area contributed by atoms with E-state index in [1.54, 1.807) is 0 Å². The molecule has 0 bridgehead atoms. The number of rotatable bonds is 1. The van der Waals surface area contributed by atoms with Crippen LogP contribution >= 0.6 is 31.9 Å². The largest absolute Gasteiger partial charge is 0.288 e. The summed E-state index contributed by atoms with van der Waals surface area (Å²) in [6.07, 6.45) is 1.19. The Balaban J connectivity index is 3.15. The number of pyridine rings is 1. The van der Waals surface area contributed by atoms with Gasteiger partial charge in [-0.3, -0.25) is 10.1 Å². The van der Waals surface area contributed by atoms with Crippen molar-refractivity contribution in [1.82, 2.24) is 4.98 Å². The minimum atomic E-state index is -0.496. The van der Waals surface area contributed by atoms with E-state index in [-0.39, 0.29) is 5.69 Å². The van der Waals surface area contributed by atoms with Crippen molar-refractivity contribution in [2.45, 2.75) is 0 Å². The van der Waals surface area contributed by atoms with E-state index in [1.165, 1.54) is 12.3 Å². The van der Waals surface area contributed by atoms with Gasteiger partial charge in [-0.25, -0.2) is 4.98 Å². The Morgan fingerprint density at radius 2 is 2.18 bits per heavy atom. The highest BCUT2D eigenvalue weighted by Crippen LogP contribution is 2.24. The number of hydrogen-bond donors (Lipinski definition) is 0. The number of nitrogens with zero attached hydrogens (tertiary/aromatic N) is 2. The van der Waals surface area contributed by atoms with Crippen LogP contribution in [0.25, 0.3) is 0 Å². The van der Waals surface area contributed by atoms with Gasteiger partial charge in [0.1, 0.15) is 10.8 Å². The van der Waals surface area contributed by atoms with Crippen molar-refractivity contribution in [3.05, 3.63) is 31.5 Å². The van der Waals surface area contributed by atoms with E-state index in [0.717, 1.165) is 0 Å². The van der Waals surface area contributed by atoms with Crippen LogP contribution in [0.2, 0.25) is 0 Å². The topological polar surface area (TPSA) is 56.0 Å². The molecule has 0 spiro atoms. The van der Waals surface area contributed by atoms with E-state index < -0.39 is 4.92 Å². The molecule has 0 N–H and O–H groups in total. The smallest absolute Gasteiger partial charge is 0.258 e. The van der Waals surface area contributed by atoms with E-state index in [2.05, 4.69) is 36.8 Å². The number of hydrogen-bond acceptors (Lipinski definition) is 3. The molecule has 1 rings (SSSR count). The standard InChI is InChI=1S/C5H2Br2N2O2/c6-4-1-3(9(10)11)2-8-5(4)7/h1-2H. The maximum atomic E-state index is 10.2. The molecule has 0 unspecified atom stereocenters. The molecule has 1 aromatic heterocycles. The number of nitro groups is 1. The second-order valence-electron chi connectivity index (χ2n) is 1.72. The first-order chi connectivity index (χ1) is 5.11. The fourth-order valence-corrected chi connectivity index (χ4v) is 1.06. The van der Waals surface area contributed by atoms with Crippen molar-refractivity contribution in [3.63, 3.8) is 0 Å². The van der Waals surface area contributed by atoms with Crippen LogP contribution in [0.3, 0.4) is 0 Å². The average molecular weight is 282 g/mol. The molecule has 0 saturated heterocycles. The highest BCUT2D eigenvalue weighted by Gasteiger charge is 2.07. The molecular formula is C5H2Br2N2O2. The Kier molecular flexibility index (Phi) is 2.56. The Morgan fingerprint density at radius 3 is 2.64 bits per heavy atom. The maximum Gasteiger partial charge on any atom is 0.288 e. The van der Waals surface area contributed by atoms with Crippen molar-refractivity contribution in [2.75, 3.05) is 0 Å². The van der Waals surface area contributed by atoms with Gasteiger partial charge in [0.15, 0.2) is 0 Å². The molecule has 6 heteroatoms. The first kappa shape index (κ1) is 8.61. The van der Waals surface area contributed by atoms with Gasteiger partial charge in [-0.15, -0.1) is 0 Å². The lowest BCUT2D eigenvalue weighted by atomic mass is 10.4. The Hall–Kier alpha value is -0.490. The third-order valence-electron chi connectivity index (χ3n) is 0.993. The summed E-state index contributed by atoms with van der Waals surface area (Å²) in [5.74, 6) is 0. The summed E-state index contributed by atoms with van der Waals surface area (Å²) in [5, 5.41) is 10.2. The molecule has 0 aliphatic heterocycles. The predicted molar refractivity (Wildman–Crippen MR) is 46.3 cm³/mol. The molecule has 0 aliphatic carbocycles. The molecule has 1 heterocycles. The molecule has 0 saturated carbocycles. The second kappa shape index (κ2) is 3.27. The van der Waals surface area contributed by atoms with Crippen LogP contribution in [0.1, 0.15) is 0 Å². The van der Waals surface area contributed by atoms with Crippen molar-refractivity contribution >= 4 is 37.5 Å². The zero-order valence-corrected chi connectivity index (χ0v) is 8.29. The van der Waals surface area contributed by atoms with Gasteiger partial charge in [-0.2, -0.15) is 0 Å². The van der Waals surface area contributed by atoms with Gasteiger partial charge in [-0.1, -0.05) is 0 Å². The summed E-state index contributed by atoms with van der Waals surface area (Å²) in [4.78, 5) is 13.4. The van der Waals surface area contributed by atoms with Gasteiger partial charge < -0.3 is 0 Å². The molecule has 0 amide bonds. The van der Waals surface area contributed by atoms with Gasteiger partial charge >= 0.3 is 0 Å². The van der Waals surface area contributed by atoms with Crippen molar-refractivity contribution in [2.24, 2.45) is 0 Å². The van der Waals surface area contributed by atoms with E-state index >= 15 is 0 Å². The summed E-state index contributed by atoms with van der Waals surface area (Å²) >= 11 is 6.20. The highest BCUT2D eigenvalue weighted by molar-refractivity contribution is 9.13. The summed E-state index contributed by atoms with van der Waals surface area (Å²) in [6.45, 7) is 0. The Labute approximate surface area is 79.0 Å². The van der Waals surface area contributed by atoms with Crippen LogP contribution in [0, 0.1) is 10.1 Å². The summed E-state index contributed by atoms with van der Waals surface area (Å²) in [7, 11) is 0. The average Bonchev–Trinajstić information content (AvgIpc) is 1.94. The molecule has 4 nitrogen and oxygen atoms in total. The normalized spacial score (nSPS) is 9.64. The molecule has 0 radical (unpaired) electrons. The lowest BCUT2D eigenvalue weighted by Crippen LogP contribution is -1.89. The van der Waals surface area contributed by atoms with Gasteiger partial charge in [0, 0.05) is 6.07 Å². The van der Waals surface area contributed by atoms with Gasteiger partial charge in [-0.05, 0) is 31.9 Å². The quantitative estimate of drug-likeness (QED) is 0.451. The lowest BCUT2D eigenvalue weighted by Gasteiger charge is -1.93. The molecule has 0 fully saturated rings. The van der Waals surface area contributed by atoms with E-state index in [0.29, 0.717) is 9.08 Å². The molecular weight excluding hydrogens is 280 g/mol. The lowest BCUT2D eigenvalue weighted by molar-refractivity contribution is -0.385. The van der Waals surface area contributed by atoms with E-state index in [1.807, 2.05) is 0 Å². The minimum absolute atomic E-state index is 0.0277. The Bertz CT molecular complexity index is 303. The number of halogens is 2. The first-order valence-corrected chi connectivity index (χ1v) is 4.15. The fourth-order valence-electron chi connectivity index (χ4n) is 0.511. The molecule has 11 heavy (non-hydrogen) atoms. The third-order valence-corrected chi connectivity index (χ3v) is 2.76. The highest BCUT2D eigenvalue weighted by atomic mass is 79.9. The van der Waals surface area contributed by atoms with Gasteiger partial charge in [0.05, 0.1) is 9.40 Å². The first-order valence-electron chi connectivity index (χ1n) is 2.56. The van der Waals surface area contributed by atoms with Crippen LogP contribution in [0.5, 0.6) is 0 Å². The molecule has 58 valence electrons. The summed E-state index contributed by atoms with van der Waals surface area (Å²) in [5.41, 5.74) is -0.0277. The van der Waals surface area contributed by atoms with Crippen molar-refractivity contribution in [3.8, 4) is 0 Å². The van der Waals surface area contributed by atoms with Crippen LogP contribution in [0.4, 0.5) is 5.69 Å². The monoisotopic (exact) mass is 280 g/mol.